The molecule has 0 aliphatic carbocycles. The molecule has 1 N–H and O–H groups in total. The van der Waals surface area contributed by atoms with Crippen LogP contribution in [0.15, 0.2) is 89.3 Å². The molecule has 3 aromatic rings. The lowest BCUT2D eigenvalue weighted by molar-refractivity contribution is -0.122. The van der Waals surface area contributed by atoms with Crippen LogP contribution in [0.4, 0.5) is 10.5 Å². The summed E-state index contributed by atoms with van der Waals surface area (Å²) >= 11 is 5.96. The Morgan fingerprint density at radius 2 is 1.58 bits per heavy atom. The van der Waals surface area contributed by atoms with E-state index in [1.807, 2.05) is 0 Å². The number of rotatable bonds is 5. The Morgan fingerprint density at radius 1 is 0.879 bits per heavy atom. The Labute approximate surface area is 194 Å². The van der Waals surface area contributed by atoms with Crippen molar-refractivity contribution in [1.82, 2.24) is 5.32 Å². The van der Waals surface area contributed by atoms with Crippen LogP contribution in [0.25, 0.3) is 6.08 Å². The molecule has 1 fully saturated rings. The van der Waals surface area contributed by atoms with Gasteiger partial charge in [0.1, 0.15) is 16.2 Å². The minimum Gasteiger partial charge on any atom is -0.378 e. The average Bonchev–Trinajstić information content (AvgIpc) is 2.78. The van der Waals surface area contributed by atoms with E-state index in [2.05, 4.69) is 5.32 Å². The maximum atomic E-state index is 13.1. The SMILES string of the molecule is O=C1NC(=O)N(c2cccc(Cl)c2)C(=O)/C1=C\c1ccccc1OS(=O)(=O)c1ccccc1. The molecule has 0 spiro atoms. The van der Waals surface area contributed by atoms with Crippen LogP contribution < -0.4 is 14.4 Å². The summed E-state index contributed by atoms with van der Waals surface area (Å²) in [5, 5.41) is 2.39. The number of carbonyl (C=O) groups is 3. The summed E-state index contributed by atoms with van der Waals surface area (Å²) in [5.74, 6) is -1.92. The number of nitrogens with zero attached hydrogens (tertiary/aromatic N) is 1. The van der Waals surface area contributed by atoms with Gasteiger partial charge >= 0.3 is 16.1 Å². The summed E-state index contributed by atoms with van der Waals surface area (Å²) in [4.78, 5) is 38.5. The molecular weight excluding hydrogens is 468 g/mol. The zero-order valence-corrected chi connectivity index (χ0v) is 18.3. The van der Waals surface area contributed by atoms with E-state index < -0.39 is 28.0 Å². The van der Waals surface area contributed by atoms with Gasteiger partial charge in [0.05, 0.1) is 5.69 Å². The second-order valence-electron chi connectivity index (χ2n) is 6.83. The number of carbonyl (C=O) groups excluding carboxylic acids is 3. The van der Waals surface area contributed by atoms with Gasteiger partial charge in [0.15, 0.2) is 0 Å². The van der Waals surface area contributed by atoms with Crippen molar-refractivity contribution in [2.24, 2.45) is 0 Å². The molecule has 0 radical (unpaired) electrons. The minimum atomic E-state index is -4.16. The van der Waals surface area contributed by atoms with Crippen molar-refractivity contribution in [3.8, 4) is 5.75 Å². The number of barbiturate groups is 1. The number of hydrogen-bond donors (Lipinski definition) is 1. The van der Waals surface area contributed by atoms with Crippen LogP contribution in [0.1, 0.15) is 5.56 Å². The molecule has 0 aromatic heterocycles. The number of hydrogen-bond acceptors (Lipinski definition) is 6. The summed E-state index contributed by atoms with van der Waals surface area (Å²) in [6, 6.07) is 18.6. The second-order valence-corrected chi connectivity index (χ2v) is 8.81. The van der Waals surface area contributed by atoms with Crippen molar-refractivity contribution >= 4 is 51.3 Å². The van der Waals surface area contributed by atoms with E-state index in [0.29, 0.717) is 5.02 Å². The topological polar surface area (TPSA) is 110 Å². The highest BCUT2D eigenvalue weighted by Crippen LogP contribution is 2.28. The van der Waals surface area contributed by atoms with E-state index in [0.717, 1.165) is 11.0 Å². The van der Waals surface area contributed by atoms with Gasteiger partial charge in [-0.05, 0) is 42.5 Å². The first-order valence-corrected chi connectivity index (χ1v) is 11.3. The predicted molar refractivity (Wildman–Crippen MR) is 121 cm³/mol. The van der Waals surface area contributed by atoms with Gasteiger partial charge in [-0.15, -0.1) is 0 Å². The average molecular weight is 483 g/mol. The van der Waals surface area contributed by atoms with Crippen molar-refractivity contribution in [3.05, 3.63) is 95.0 Å². The molecule has 0 bridgehead atoms. The fraction of sp³-hybridized carbons (Fsp3) is 0. The van der Waals surface area contributed by atoms with Crippen LogP contribution >= 0.6 is 11.6 Å². The van der Waals surface area contributed by atoms with E-state index in [-0.39, 0.29) is 27.5 Å². The molecule has 8 nitrogen and oxygen atoms in total. The lowest BCUT2D eigenvalue weighted by atomic mass is 10.1. The summed E-state index contributed by atoms with van der Waals surface area (Å²) < 4.78 is 30.5. The van der Waals surface area contributed by atoms with Gasteiger partial charge in [-0.25, -0.2) is 9.69 Å². The highest BCUT2D eigenvalue weighted by Gasteiger charge is 2.37. The first-order chi connectivity index (χ1) is 15.8. The Kier molecular flexibility index (Phi) is 5.99. The number of benzene rings is 3. The molecular formula is C23H15ClN2O6S. The van der Waals surface area contributed by atoms with Crippen LogP contribution in [-0.2, 0) is 19.7 Å². The molecule has 4 rings (SSSR count). The van der Waals surface area contributed by atoms with Crippen molar-refractivity contribution in [2.75, 3.05) is 4.90 Å². The van der Waals surface area contributed by atoms with E-state index in [9.17, 15) is 22.8 Å². The molecule has 1 aliphatic heterocycles. The van der Waals surface area contributed by atoms with Crippen molar-refractivity contribution in [2.45, 2.75) is 4.90 Å². The van der Waals surface area contributed by atoms with Crippen molar-refractivity contribution < 1.29 is 27.0 Å². The highest BCUT2D eigenvalue weighted by atomic mass is 35.5. The van der Waals surface area contributed by atoms with Gasteiger partial charge in [-0.3, -0.25) is 14.9 Å². The fourth-order valence-electron chi connectivity index (χ4n) is 3.09. The Hall–Kier alpha value is -3.95. The third kappa shape index (κ3) is 4.64. The molecule has 0 saturated carbocycles. The van der Waals surface area contributed by atoms with E-state index in [4.69, 9.17) is 15.8 Å². The maximum Gasteiger partial charge on any atom is 0.339 e. The summed E-state index contributed by atoms with van der Waals surface area (Å²) in [6.07, 6.45) is 1.16. The summed E-state index contributed by atoms with van der Waals surface area (Å²) in [7, 11) is -4.16. The van der Waals surface area contributed by atoms with Crippen LogP contribution in [0.3, 0.4) is 0 Å². The monoisotopic (exact) mass is 482 g/mol. The molecule has 166 valence electrons. The number of imide groups is 2. The van der Waals surface area contributed by atoms with E-state index in [1.165, 1.54) is 36.4 Å². The third-order valence-electron chi connectivity index (χ3n) is 4.62. The van der Waals surface area contributed by atoms with Gasteiger partial charge in [-0.1, -0.05) is 54.1 Å². The molecule has 1 aliphatic rings. The summed E-state index contributed by atoms with van der Waals surface area (Å²) in [5.41, 5.74) is -0.0711. The van der Waals surface area contributed by atoms with E-state index >= 15 is 0 Å². The summed E-state index contributed by atoms with van der Waals surface area (Å²) in [6.45, 7) is 0. The molecule has 0 unspecified atom stereocenters. The van der Waals surface area contributed by atoms with Crippen LogP contribution in [0, 0.1) is 0 Å². The molecule has 0 atom stereocenters. The molecule has 33 heavy (non-hydrogen) atoms. The van der Waals surface area contributed by atoms with Crippen LogP contribution in [-0.4, -0.2) is 26.3 Å². The first-order valence-electron chi connectivity index (χ1n) is 9.52. The zero-order valence-electron chi connectivity index (χ0n) is 16.8. The zero-order chi connectivity index (χ0) is 23.6. The minimum absolute atomic E-state index is 0.0586. The van der Waals surface area contributed by atoms with Gasteiger partial charge < -0.3 is 4.18 Å². The predicted octanol–water partition coefficient (Wildman–Crippen LogP) is 3.77. The Morgan fingerprint density at radius 3 is 2.30 bits per heavy atom. The molecule has 4 amide bonds. The Balaban J connectivity index is 1.72. The normalized spacial score (nSPS) is 15.5. The van der Waals surface area contributed by atoms with Crippen LogP contribution in [0.5, 0.6) is 5.75 Å². The largest absolute Gasteiger partial charge is 0.378 e. The number of amides is 4. The smallest absolute Gasteiger partial charge is 0.339 e. The van der Waals surface area contributed by atoms with Gasteiger partial charge in [0.2, 0.25) is 0 Å². The number of nitrogens with one attached hydrogen (secondary N) is 1. The highest BCUT2D eigenvalue weighted by molar-refractivity contribution is 7.87. The van der Waals surface area contributed by atoms with Crippen LogP contribution in [0.2, 0.25) is 5.02 Å². The number of anilines is 1. The van der Waals surface area contributed by atoms with Gasteiger partial charge in [-0.2, -0.15) is 8.42 Å². The van der Waals surface area contributed by atoms with E-state index in [1.54, 1.807) is 42.5 Å². The number of urea groups is 1. The fourth-order valence-corrected chi connectivity index (χ4v) is 4.25. The Bertz CT molecular complexity index is 1400. The lowest BCUT2D eigenvalue weighted by Crippen LogP contribution is -2.54. The molecule has 1 heterocycles. The maximum absolute atomic E-state index is 13.1. The second kappa shape index (κ2) is 8.89. The van der Waals surface area contributed by atoms with Crippen molar-refractivity contribution in [3.63, 3.8) is 0 Å². The molecule has 1 saturated heterocycles. The lowest BCUT2D eigenvalue weighted by Gasteiger charge is -2.26. The first kappa shape index (κ1) is 22.3. The third-order valence-corrected chi connectivity index (χ3v) is 6.10. The standard InChI is InChI=1S/C23H15ClN2O6S/c24-16-8-6-9-17(14-16)26-22(28)19(21(27)25-23(26)29)13-15-7-4-5-12-20(15)32-33(30,31)18-10-2-1-3-11-18/h1-14H,(H,25,27,29)/b19-13-. The quantitative estimate of drug-likeness (QED) is 0.337. The number of para-hydroxylation sites is 1. The molecule has 3 aromatic carbocycles. The van der Waals surface area contributed by atoms with Gasteiger partial charge in [0, 0.05) is 10.6 Å². The molecule has 10 heteroatoms. The number of halogens is 1. The van der Waals surface area contributed by atoms with Gasteiger partial charge in [0.25, 0.3) is 11.8 Å². The van der Waals surface area contributed by atoms with Crippen molar-refractivity contribution in [1.29, 1.82) is 0 Å².